The monoisotopic (exact) mass is 301 g/mol. The molecule has 0 amide bonds. The Morgan fingerprint density at radius 1 is 1.24 bits per heavy atom. The lowest BCUT2D eigenvalue weighted by atomic mass is 10.1. The van der Waals surface area contributed by atoms with Gasteiger partial charge in [0.15, 0.2) is 0 Å². The van der Waals surface area contributed by atoms with Crippen LogP contribution in [0.4, 0.5) is 5.69 Å². The summed E-state index contributed by atoms with van der Waals surface area (Å²) in [6, 6.07) is 12.8. The summed E-state index contributed by atoms with van der Waals surface area (Å²) in [5.41, 5.74) is 7.99. The first-order chi connectivity index (χ1) is 10.3. The Kier molecular flexibility index (Phi) is 6.57. The van der Waals surface area contributed by atoms with E-state index < -0.39 is 0 Å². The summed E-state index contributed by atoms with van der Waals surface area (Å²) in [7, 11) is 0. The zero-order valence-electron chi connectivity index (χ0n) is 12.5. The van der Waals surface area contributed by atoms with Gasteiger partial charge in [0.1, 0.15) is 0 Å². The van der Waals surface area contributed by atoms with Gasteiger partial charge >= 0.3 is 0 Å². The molecule has 4 heteroatoms. The molecule has 1 heterocycles. The third-order valence-corrected chi connectivity index (χ3v) is 4.46. The molecule has 1 aromatic heterocycles. The summed E-state index contributed by atoms with van der Waals surface area (Å²) in [4.78, 5) is 5.49. The van der Waals surface area contributed by atoms with Crippen molar-refractivity contribution in [3.8, 4) is 0 Å². The molecule has 2 rings (SSSR count). The summed E-state index contributed by atoms with van der Waals surface area (Å²) in [5.74, 6) is 1.03. The molecule has 1 aromatic carbocycles. The molecule has 3 N–H and O–H groups in total. The van der Waals surface area contributed by atoms with E-state index in [2.05, 4.69) is 41.5 Å². The van der Waals surface area contributed by atoms with Crippen molar-refractivity contribution in [1.29, 1.82) is 0 Å². The maximum absolute atomic E-state index is 6.03. The molecule has 21 heavy (non-hydrogen) atoms. The fraction of sp³-hybridized carbons (Fsp3) is 0.353. The third kappa shape index (κ3) is 5.40. The van der Waals surface area contributed by atoms with Crippen LogP contribution in [0.5, 0.6) is 0 Å². The van der Waals surface area contributed by atoms with E-state index in [0.717, 1.165) is 36.4 Å². The molecule has 0 radical (unpaired) electrons. The number of anilines is 1. The van der Waals surface area contributed by atoms with Crippen LogP contribution in [0.25, 0.3) is 0 Å². The molecule has 0 saturated carbocycles. The Hall–Kier alpha value is -1.52. The maximum Gasteiger partial charge on any atom is 0.0378 e. The van der Waals surface area contributed by atoms with Gasteiger partial charge < -0.3 is 11.1 Å². The molecule has 0 aliphatic carbocycles. The van der Waals surface area contributed by atoms with Gasteiger partial charge in [0.25, 0.3) is 0 Å². The van der Waals surface area contributed by atoms with Crippen molar-refractivity contribution < 1.29 is 0 Å². The molecule has 0 bridgehead atoms. The van der Waals surface area contributed by atoms with E-state index in [1.54, 1.807) is 6.20 Å². The number of hydrogen-bond donors (Lipinski definition) is 2. The molecule has 112 valence electrons. The Balaban J connectivity index is 1.96. The fourth-order valence-electron chi connectivity index (χ4n) is 2.13. The smallest absolute Gasteiger partial charge is 0.0378 e. The molecule has 0 fully saturated rings. The average molecular weight is 301 g/mol. The quantitative estimate of drug-likeness (QED) is 0.734. The molecule has 1 unspecified atom stereocenters. The van der Waals surface area contributed by atoms with Crippen LogP contribution in [0.3, 0.4) is 0 Å². The highest BCUT2D eigenvalue weighted by Gasteiger charge is 2.11. The second-order valence-corrected chi connectivity index (χ2v) is 6.15. The predicted octanol–water partition coefficient (Wildman–Crippen LogP) is 3.37. The number of hydrogen-bond acceptors (Lipinski definition) is 4. The van der Waals surface area contributed by atoms with Crippen LogP contribution in [0.2, 0.25) is 0 Å². The van der Waals surface area contributed by atoms with E-state index >= 15 is 0 Å². The van der Waals surface area contributed by atoms with Crippen LogP contribution < -0.4 is 11.1 Å². The van der Waals surface area contributed by atoms with Gasteiger partial charge in [-0.3, -0.25) is 4.98 Å². The largest absolute Gasteiger partial charge is 0.398 e. The van der Waals surface area contributed by atoms with E-state index in [9.17, 15) is 0 Å². The fourth-order valence-corrected chi connectivity index (χ4v) is 3.10. The van der Waals surface area contributed by atoms with Gasteiger partial charge in [-0.05, 0) is 43.1 Å². The van der Waals surface area contributed by atoms with Gasteiger partial charge in [0.2, 0.25) is 0 Å². The van der Waals surface area contributed by atoms with E-state index in [1.807, 2.05) is 30.1 Å². The molecule has 1 atom stereocenters. The first-order valence-electron chi connectivity index (χ1n) is 7.39. The lowest BCUT2D eigenvalue weighted by molar-refractivity contribution is 0.550. The molecule has 0 spiro atoms. The topological polar surface area (TPSA) is 50.9 Å². The second-order valence-electron chi connectivity index (χ2n) is 5.05. The zero-order valence-corrected chi connectivity index (χ0v) is 13.3. The number of nitrogens with one attached hydrogen (secondary N) is 1. The highest BCUT2D eigenvalue weighted by atomic mass is 32.2. The van der Waals surface area contributed by atoms with Crippen molar-refractivity contribution in [3.63, 3.8) is 0 Å². The number of rotatable bonds is 8. The van der Waals surface area contributed by atoms with Gasteiger partial charge in [-0.2, -0.15) is 0 Å². The minimum atomic E-state index is 0.404. The minimum Gasteiger partial charge on any atom is -0.398 e. The number of pyridine rings is 1. The van der Waals surface area contributed by atoms with E-state index in [0.29, 0.717) is 6.04 Å². The normalized spacial score (nSPS) is 12.2. The minimum absolute atomic E-state index is 0.404. The number of nitrogens with two attached hydrogens (primary N) is 1. The van der Waals surface area contributed by atoms with Crippen LogP contribution in [-0.4, -0.2) is 23.3 Å². The summed E-state index contributed by atoms with van der Waals surface area (Å²) in [5, 5.41) is 3.61. The zero-order chi connectivity index (χ0) is 14.9. The summed E-state index contributed by atoms with van der Waals surface area (Å²) >= 11 is 1.88. The van der Waals surface area contributed by atoms with Crippen LogP contribution in [0.1, 0.15) is 18.9 Å². The van der Waals surface area contributed by atoms with Crippen molar-refractivity contribution in [2.24, 2.45) is 0 Å². The number of benzene rings is 1. The van der Waals surface area contributed by atoms with Crippen LogP contribution in [-0.2, 0) is 6.42 Å². The molecule has 2 aromatic rings. The van der Waals surface area contributed by atoms with Gasteiger partial charge in [-0.25, -0.2) is 0 Å². The SMILES string of the molecule is CCCNC(CSc1ccccc1)Cc1cnccc1N. The van der Waals surface area contributed by atoms with Gasteiger partial charge in [-0.15, -0.1) is 11.8 Å². The van der Waals surface area contributed by atoms with Gasteiger partial charge in [0, 0.05) is 34.8 Å². The molecular formula is C17H23N3S. The van der Waals surface area contributed by atoms with Crippen molar-refractivity contribution in [3.05, 3.63) is 54.4 Å². The highest BCUT2D eigenvalue weighted by molar-refractivity contribution is 7.99. The van der Waals surface area contributed by atoms with Gasteiger partial charge in [0.05, 0.1) is 0 Å². The van der Waals surface area contributed by atoms with Crippen molar-refractivity contribution in [2.45, 2.75) is 30.7 Å². The lowest BCUT2D eigenvalue weighted by Gasteiger charge is -2.19. The Morgan fingerprint density at radius 3 is 2.76 bits per heavy atom. The van der Waals surface area contributed by atoms with Gasteiger partial charge in [-0.1, -0.05) is 25.1 Å². The highest BCUT2D eigenvalue weighted by Crippen LogP contribution is 2.20. The van der Waals surface area contributed by atoms with Crippen molar-refractivity contribution in [2.75, 3.05) is 18.0 Å². The number of aromatic nitrogens is 1. The second kappa shape index (κ2) is 8.70. The Bertz CT molecular complexity index is 531. The third-order valence-electron chi connectivity index (χ3n) is 3.29. The van der Waals surface area contributed by atoms with Crippen molar-refractivity contribution >= 4 is 17.4 Å². The van der Waals surface area contributed by atoms with Crippen molar-refractivity contribution in [1.82, 2.24) is 10.3 Å². The first kappa shape index (κ1) is 15.9. The first-order valence-corrected chi connectivity index (χ1v) is 8.37. The standard InChI is InChI=1S/C17H23N3S/c1-2-9-20-15(11-14-12-19-10-8-17(14)18)13-21-16-6-4-3-5-7-16/h3-8,10,12,15,20H,2,9,11,13H2,1H3,(H2,18,19). The average Bonchev–Trinajstić information content (AvgIpc) is 2.53. The van der Waals surface area contributed by atoms with Crippen LogP contribution in [0, 0.1) is 0 Å². The van der Waals surface area contributed by atoms with E-state index in [4.69, 9.17) is 5.73 Å². The van der Waals surface area contributed by atoms with E-state index in [1.165, 1.54) is 4.90 Å². The Morgan fingerprint density at radius 2 is 2.05 bits per heavy atom. The van der Waals surface area contributed by atoms with E-state index in [-0.39, 0.29) is 0 Å². The molecule has 0 aliphatic heterocycles. The number of nitrogens with zero attached hydrogens (tertiary/aromatic N) is 1. The summed E-state index contributed by atoms with van der Waals surface area (Å²) in [6.07, 6.45) is 5.67. The molecular weight excluding hydrogens is 278 g/mol. The summed E-state index contributed by atoms with van der Waals surface area (Å²) < 4.78 is 0. The maximum atomic E-state index is 6.03. The summed E-state index contributed by atoms with van der Waals surface area (Å²) in [6.45, 7) is 3.22. The molecule has 0 saturated heterocycles. The number of thioether (sulfide) groups is 1. The number of nitrogen functional groups attached to an aromatic ring is 1. The molecule has 3 nitrogen and oxygen atoms in total. The van der Waals surface area contributed by atoms with Crippen LogP contribution >= 0.6 is 11.8 Å². The predicted molar refractivity (Wildman–Crippen MR) is 91.6 cm³/mol. The lowest BCUT2D eigenvalue weighted by Crippen LogP contribution is -2.34. The molecule has 0 aliphatic rings. The van der Waals surface area contributed by atoms with Crippen LogP contribution in [0.15, 0.2) is 53.7 Å². The Labute approximate surface area is 131 Å².